The van der Waals surface area contributed by atoms with E-state index in [1.165, 1.54) is 7.05 Å². The summed E-state index contributed by atoms with van der Waals surface area (Å²) in [6.45, 7) is 4.09. The average molecular weight is 380 g/mol. The summed E-state index contributed by atoms with van der Waals surface area (Å²) in [7, 11) is -2.03. The fraction of sp³-hybridized carbons (Fsp3) is 0.333. The molecule has 5 nitrogen and oxygen atoms in total. The highest BCUT2D eigenvalue weighted by atomic mass is 35.5. The molecule has 0 unspecified atom stereocenters. The van der Waals surface area contributed by atoms with Crippen LogP contribution in [0.15, 0.2) is 53.4 Å². The van der Waals surface area contributed by atoms with Gasteiger partial charge in [-0.2, -0.15) is 0 Å². The Morgan fingerprint density at radius 2 is 1.64 bits per heavy atom. The topological polar surface area (TPSA) is 52.7 Å². The zero-order valence-corrected chi connectivity index (χ0v) is 15.7. The summed E-state index contributed by atoms with van der Waals surface area (Å²) in [5, 5.41) is 0.787. The zero-order valence-electron chi connectivity index (χ0n) is 14.2. The Morgan fingerprint density at radius 3 is 2.32 bits per heavy atom. The molecule has 0 bridgehead atoms. The molecule has 0 aliphatic carbocycles. The lowest BCUT2D eigenvalue weighted by molar-refractivity contribution is 0.249. The monoisotopic (exact) mass is 379 g/mol. The molecule has 0 aromatic heterocycles. The van der Waals surface area contributed by atoms with Gasteiger partial charge in [0.15, 0.2) is 0 Å². The van der Waals surface area contributed by atoms with Gasteiger partial charge in [-0.3, -0.25) is 4.90 Å². The van der Waals surface area contributed by atoms with Crippen molar-refractivity contribution in [2.24, 2.45) is 0 Å². The smallest absolute Gasteiger partial charge is 0.242 e. The van der Waals surface area contributed by atoms with Gasteiger partial charge >= 0.3 is 0 Å². The standard InChI is InChI=1S/C18H22ClN3O2S/c1-20-25(23,24)18-9-5-4-8-17(18)22-12-10-21(11-13-22)14-15-6-2-3-7-16(15)19/h2-9,20H,10-14H2,1H3. The first-order valence-electron chi connectivity index (χ1n) is 8.24. The van der Waals surface area contributed by atoms with Gasteiger partial charge in [0.25, 0.3) is 0 Å². The minimum Gasteiger partial charge on any atom is -0.368 e. The number of hydrogen-bond donors (Lipinski definition) is 1. The van der Waals surface area contributed by atoms with Crippen molar-refractivity contribution in [1.82, 2.24) is 9.62 Å². The van der Waals surface area contributed by atoms with Crippen molar-refractivity contribution in [3.63, 3.8) is 0 Å². The molecule has 1 saturated heterocycles. The predicted molar refractivity (Wildman–Crippen MR) is 102 cm³/mol. The number of piperazine rings is 1. The second-order valence-electron chi connectivity index (χ2n) is 6.03. The van der Waals surface area contributed by atoms with Gasteiger partial charge < -0.3 is 4.90 Å². The second-order valence-corrected chi connectivity index (χ2v) is 8.29. The number of rotatable bonds is 5. The molecule has 0 saturated carbocycles. The van der Waals surface area contributed by atoms with Crippen LogP contribution in [-0.2, 0) is 16.6 Å². The van der Waals surface area contributed by atoms with Crippen LogP contribution in [0.3, 0.4) is 0 Å². The fourth-order valence-corrected chi connectivity index (χ4v) is 4.22. The second kappa shape index (κ2) is 7.74. The number of sulfonamides is 1. The van der Waals surface area contributed by atoms with Crippen molar-refractivity contribution in [1.29, 1.82) is 0 Å². The maximum absolute atomic E-state index is 12.2. The highest BCUT2D eigenvalue weighted by Gasteiger charge is 2.23. The van der Waals surface area contributed by atoms with Crippen LogP contribution in [-0.4, -0.2) is 46.5 Å². The van der Waals surface area contributed by atoms with E-state index in [9.17, 15) is 8.42 Å². The first-order chi connectivity index (χ1) is 12.0. The number of nitrogens with zero attached hydrogens (tertiary/aromatic N) is 2. The number of para-hydroxylation sites is 1. The highest BCUT2D eigenvalue weighted by molar-refractivity contribution is 7.89. The normalized spacial score (nSPS) is 16.2. The lowest BCUT2D eigenvalue weighted by atomic mass is 10.2. The molecule has 25 heavy (non-hydrogen) atoms. The van der Waals surface area contributed by atoms with Crippen molar-refractivity contribution in [2.45, 2.75) is 11.4 Å². The lowest BCUT2D eigenvalue weighted by Gasteiger charge is -2.37. The molecular formula is C18H22ClN3O2S. The Morgan fingerprint density at radius 1 is 1.00 bits per heavy atom. The van der Waals surface area contributed by atoms with Gasteiger partial charge in [0.05, 0.1) is 5.69 Å². The first-order valence-corrected chi connectivity index (χ1v) is 10.1. The Bertz CT molecular complexity index is 834. The summed E-state index contributed by atoms with van der Waals surface area (Å²) in [5.74, 6) is 0. The number of hydrogen-bond acceptors (Lipinski definition) is 4. The maximum atomic E-state index is 12.2. The van der Waals surface area contributed by atoms with Crippen LogP contribution in [0.4, 0.5) is 5.69 Å². The van der Waals surface area contributed by atoms with E-state index >= 15 is 0 Å². The number of halogens is 1. The van der Waals surface area contributed by atoms with Gasteiger partial charge in [-0.1, -0.05) is 41.9 Å². The van der Waals surface area contributed by atoms with Crippen LogP contribution >= 0.6 is 11.6 Å². The summed E-state index contributed by atoms with van der Waals surface area (Å²) < 4.78 is 26.9. The van der Waals surface area contributed by atoms with Gasteiger partial charge in [0.2, 0.25) is 10.0 Å². The molecular weight excluding hydrogens is 358 g/mol. The molecule has 1 N–H and O–H groups in total. The number of anilines is 1. The molecule has 2 aromatic rings. The van der Waals surface area contributed by atoms with Crippen molar-refractivity contribution >= 4 is 27.3 Å². The van der Waals surface area contributed by atoms with Crippen molar-refractivity contribution < 1.29 is 8.42 Å². The van der Waals surface area contributed by atoms with Gasteiger partial charge in [-0.25, -0.2) is 13.1 Å². The van der Waals surface area contributed by atoms with Crippen LogP contribution in [0, 0.1) is 0 Å². The predicted octanol–water partition coefficient (Wildman–Crippen LogP) is 2.57. The van der Waals surface area contributed by atoms with E-state index < -0.39 is 10.0 Å². The molecule has 0 radical (unpaired) electrons. The van der Waals surface area contributed by atoms with Crippen LogP contribution in [0.1, 0.15) is 5.56 Å². The van der Waals surface area contributed by atoms with Crippen LogP contribution in [0.5, 0.6) is 0 Å². The summed E-state index contributed by atoms with van der Waals surface area (Å²) in [6.07, 6.45) is 0. The molecule has 0 amide bonds. The molecule has 0 spiro atoms. The van der Waals surface area contributed by atoms with Crippen LogP contribution in [0.2, 0.25) is 5.02 Å². The van der Waals surface area contributed by atoms with E-state index in [2.05, 4.69) is 14.5 Å². The van der Waals surface area contributed by atoms with Gasteiger partial charge in [-0.15, -0.1) is 0 Å². The van der Waals surface area contributed by atoms with Crippen molar-refractivity contribution in [3.05, 3.63) is 59.1 Å². The summed E-state index contributed by atoms with van der Waals surface area (Å²) in [6, 6.07) is 15.0. The van der Waals surface area contributed by atoms with Gasteiger partial charge in [0, 0.05) is 37.7 Å². The van der Waals surface area contributed by atoms with Crippen LogP contribution in [0.25, 0.3) is 0 Å². The molecule has 1 heterocycles. The van der Waals surface area contributed by atoms with E-state index in [0.29, 0.717) is 4.90 Å². The summed E-state index contributed by atoms with van der Waals surface area (Å²) in [5.41, 5.74) is 1.88. The van der Waals surface area contributed by atoms with E-state index in [1.807, 2.05) is 36.4 Å². The van der Waals surface area contributed by atoms with Gasteiger partial charge in [0.1, 0.15) is 4.90 Å². The average Bonchev–Trinajstić information content (AvgIpc) is 2.64. The molecule has 134 valence electrons. The van der Waals surface area contributed by atoms with E-state index in [1.54, 1.807) is 12.1 Å². The van der Waals surface area contributed by atoms with Crippen LogP contribution < -0.4 is 9.62 Å². The first kappa shape index (κ1) is 18.2. The third-order valence-corrected chi connectivity index (χ3v) is 6.32. The Balaban J connectivity index is 1.70. The molecule has 3 rings (SSSR count). The molecule has 2 aromatic carbocycles. The van der Waals surface area contributed by atoms with E-state index in [4.69, 9.17) is 11.6 Å². The number of benzene rings is 2. The quantitative estimate of drug-likeness (QED) is 0.867. The molecule has 1 aliphatic rings. The third-order valence-electron chi connectivity index (χ3n) is 4.49. The molecule has 1 fully saturated rings. The SMILES string of the molecule is CNS(=O)(=O)c1ccccc1N1CCN(Cc2ccccc2Cl)CC1. The van der Waals surface area contributed by atoms with Gasteiger partial charge in [-0.05, 0) is 30.8 Å². The Hall–Kier alpha value is -1.60. The molecule has 0 atom stereocenters. The van der Waals surface area contributed by atoms with E-state index in [-0.39, 0.29) is 0 Å². The fourth-order valence-electron chi connectivity index (χ4n) is 3.07. The molecule has 1 aliphatic heterocycles. The Labute approximate surface area is 154 Å². The summed E-state index contributed by atoms with van der Waals surface area (Å²) >= 11 is 6.24. The van der Waals surface area contributed by atoms with Crippen molar-refractivity contribution in [3.8, 4) is 0 Å². The molecule has 7 heteroatoms. The zero-order chi connectivity index (χ0) is 17.9. The Kier molecular flexibility index (Phi) is 5.64. The number of nitrogens with one attached hydrogen (secondary N) is 1. The van der Waals surface area contributed by atoms with Crippen molar-refractivity contribution in [2.75, 3.05) is 38.1 Å². The summed E-state index contributed by atoms with van der Waals surface area (Å²) in [4.78, 5) is 4.80. The minimum absolute atomic E-state index is 0.331. The highest BCUT2D eigenvalue weighted by Crippen LogP contribution is 2.26. The largest absolute Gasteiger partial charge is 0.368 e. The minimum atomic E-state index is -3.47. The third kappa shape index (κ3) is 4.15. The van der Waals surface area contributed by atoms with E-state index in [0.717, 1.165) is 49.0 Å². The maximum Gasteiger partial charge on any atom is 0.242 e. The lowest BCUT2D eigenvalue weighted by Crippen LogP contribution is -2.46.